The number of carbonyl (C=O) groups excluding carboxylic acids is 2. The molecule has 0 spiro atoms. The van der Waals surface area contributed by atoms with Gasteiger partial charge >= 0.3 is 5.97 Å². The van der Waals surface area contributed by atoms with Crippen molar-refractivity contribution in [1.29, 1.82) is 0 Å². The molecule has 2 aromatic heterocycles. The van der Waals surface area contributed by atoms with Crippen LogP contribution >= 0.6 is 11.6 Å². The van der Waals surface area contributed by atoms with Crippen LogP contribution in [-0.4, -0.2) is 60.1 Å². The predicted octanol–water partition coefficient (Wildman–Crippen LogP) is 4.04. The number of aromatic nitrogens is 3. The van der Waals surface area contributed by atoms with Crippen LogP contribution < -0.4 is 10.0 Å². The number of nitrogens with zero attached hydrogens (tertiary/aromatic N) is 4. The monoisotopic (exact) mass is 594 g/mol. The maximum absolute atomic E-state index is 13.3. The Kier molecular flexibility index (Phi) is 8.43. The summed E-state index contributed by atoms with van der Waals surface area (Å²) < 4.78 is 33.0. The van der Waals surface area contributed by atoms with Crippen LogP contribution in [0, 0.1) is 0 Å². The van der Waals surface area contributed by atoms with Crippen molar-refractivity contribution in [1.82, 2.24) is 20.1 Å². The molecule has 1 aliphatic rings. The Balaban J connectivity index is 1.25. The number of benzene rings is 2. The minimum absolute atomic E-state index is 0.00917. The lowest BCUT2D eigenvalue weighted by Gasteiger charge is -2.29. The maximum Gasteiger partial charge on any atom is 0.339 e. The molecule has 1 amide bonds. The van der Waals surface area contributed by atoms with Crippen molar-refractivity contribution in [3.8, 4) is 0 Å². The van der Waals surface area contributed by atoms with Crippen molar-refractivity contribution >= 4 is 55.9 Å². The van der Waals surface area contributed by atoms with E-state index in [0.29, 0.717) is 28.7 Å². The molecule has 0 unspecified atom stereocenters. The molecule has 0 fully saturated rings. The zero-order chi connectivity index (χ0) is 29.0. The summed E-state index contributed by atoms with van der Waals surface area (Å²) in [6.45, 7) is 3.97. The number of carbonyl (C=O) groups is 2. The van der Waals surface area contributed by atoms with Gasteiger partial charge in [0.2, 0.25) is 0 Å². The Bertz CT molecular complexity index is 1700. The van der Waals surface area contributed by atoms with Gasteiger partial charge in [0.1, 0.15) is 0 Å². The zero-order valence-corrected chi connectivity index (χ0v) is 23.7. The van der Waals surface area contributed by atoms with E-state index in [1.54, 1.807) is 0 Å². The summed E-state index contributed by atoms with van der Waals surface area (Å²) in [5.74, 6) is -1.15. The van der Waals surface area contributed by atoms with Gasteiger partial charge in [-0.3, -0.25) is 19.4 Å². The molecule has 3 heterocycles. The minimum atomic E-state index is -3.94. The molecular formula is C28H27ClN6O5S. The number of ether oxygens (including phenoxy) is 1. The Morgan fingerprint density at radius 1 is 1.05 bits per heavy atom. The van der Waals surface area contributed by atoms with Gasteiger partial charge in [-0.25, -0.2) is 13.2 Å². The topological polar surface area (TPSA) is 143 Å². The molecule has 5 rings (SSSR count). The minimum Gasteiger partial charge on any atom is -0.452 e. The van der Waals surface area contributed by atoms with Crippen LogP contribution in [-0.2, 0) is 32.5 Å². The lowest BCUT2D eigenvalue weighted by molar-refractivity contribution is -0.119. The predicted molar refractivity (Wildman–Crippen MR) is 154 cm³/mol. The quantitative estimate of drug-likeness (QED) is 0.274. The van der Waals surface area contributed by atoms with Gasteiger partial charge in [0.05, 0.1) is 16.0 Å². The molecule has 0 saturated carbocycles. The van der Waals surface area contributed by atoms with E-state index in [9.17, 15) is 18.0 Å². The second kappa shape index (κ2) is 12.2. The van der Waals surface area contributed by atoms with Crippen molar-refractivity contribution in [2.75, 3.05) is 29.7 Å². The number of anilines is 2. The largest absolute Gasteiger partial charge is 0.452 e. The Labute approximate surface area is 241 Å². The van der Waals surface area contributed by atoms with Crippen LogP contribution in [0.25, 0.3) is 10.9 Å². The van der Waals surface area contributed by atoms with E-state index < -0.39 is 28.5 Å². The van der Waals surface area contributed by atoms with Gasteiger partial charge in [0.15, 0.2) is 17.6 Å². The molecule has 1 aliphatic heterocycles. The van der Waals surface area contributed by atoms with Gasteiger partial charge in [-0.2, -0.15) is 0 Å². The second-order valence-electron chi connectivity index (χ2n) is 9.45. The molecular weight excluding hydrogens is 568 g/mol. The molecule has 0 atom stereocenters. The van der Waals surface area contributed by atoms with Crippen molar-refractivity contribution in [3.05, 3.63) is 82.6 Å². The molecule has 0 aliphatic carbocycles. The number of halogens is 1. The summed E-state index contributed by atoms with van der Waals surface area (Å²) in [6, 6.07) is 15.7. The van der Waals surface area contributed by atoms with Gasteiger partial charge in [-0.05, 0) is 55.4 Å². The number of nitrogens with one attached hydrogen (secondary N) is 2. The fourth-order valence-electron chi connectivity index (χ4n) is 4.67. The summed E-state index contributed by atoms with van der Waals surface area (Å²) in [5.41, 5.74) is 3.19. The van der Waals surface area contributed by atoms with E-state index in [-0.39, 0.29) is 15.9 Å². The van der Waals surface area contributed by atoms with E-state index in [4.69, 9.17) is 21.3 Å². The van der Waals surface area contributed by atoms with E-state index in [0.717, 1.165) is 37.2 Å². The Hall–Kier alpha value is -4.13. The SMILES string of the molecule is CCCN1CCc2nc3ccccc3c(C(=O)OCC(=O)Nc3ccc(S(=O)(=O)Nc4ccc(Cl)nn4)cc3)c2C1. The van der Waals surface area contributed by atoms with E-state index in [1.165, 1.54) is 36.4 Å². The molecule has 2 N–H and O–H groups in total. The average molecular weight is 595 g/mol. The summed E-state index contributed by atoms with van der Waals surface area (Å²) in [7, 11) is -3.94. The third kappa shape index (κ3) is 6.62. The van der Waals surface area contributed by atoms with Gasteiger partial charge < -0.3 is 10.1 Å². The number of amides is 1. The molecule has 0 saturated heterocycles. The van der Waals surface area contributed by atoms with E-state index >= 15 is 0 Å². The molecule has 212 valence electrons. The second-order valence-corrected chi connectivity index (χ2v) is 11.5. The number of sulfonamides is 1. The van der Waals surface area contributed by atoms with E-state index in [2.05, 4.69) is 32.1 Å². The van der Waals surface area contributed by atoms with E-state index in [1.807, 2.05) is 24.3 Å². The lowest BCUT2D eigenvalue weighted by Crippen LogP contribution is -2.33. The van der Waals surface area contributed by atoms with Gasteiger partial charge in [0.25, 0.3) is 15.9 Å². The van der Waals surface area contributed by atoms with Crippen LogP contribution in [0.4, 0.5) is 11.5 Å². The third-order valence-corrected chi connectivity index (χ3v) is 8.10. The standard InChI is InChI=1S/C28H27ClN6O5S/c1-2-14-35-15-13-23-21(16-35)27(20-5-3-4-6-22(20)31-23)28(37)40-17-26(36)30-18-7-9-19(10-8-18)41(38,39)34-25-12-11-24(29)32-33-25/h3-12H,2,13-17H2,1H3,(H,30,36)(H,33,34). The summed E-state index contributed by atoms with van der Waals surface area (Å²) >= 11 is 5.68. The van der Waals surface area contributed by atoms with Crippen LogP contribution in [0.2, 0.25) is 5.15 Å². The average Bonchev–Trinajstić information content (AvgIpc) is 2.96. The molecule has 2 aromatic carbocycles. The highest BCUT2D eigenvalue weighted by Gasteiger charge is 2.27. The van der Waals surface area contributed by atoms with Crippen molar-refractivity contribution in [2.45, 2.75) is 31.2 Å². The zero-order valence-electron chi connectivity index (χ0n) is 22.1. The van der Waals surface area contributed by atoms with Crippen LogP contribution in [0.3, 0.4) is 0 Å². The summed E-state index contributed by atoms with van der Waals surface area (Å²) in [5, 5.41) is 10.7. The number of rotatable bonds is 9. The van der Waals surface area contributed by atoms with Crippen LogP contribution in [0.15, 0.2) is 65.6 Å². The summed E-state index contributed by atoms with van der Waals surface area (Å²) in [4.78, 5) is 33.0. The smallest absolute Gasteiger partial charge is 0.339 e. The van der Waals surface area contributed by atoms with Crippen LogP contribution in [0.1, 0.15) is 35.0 Å². The fraction of sp³-hybridized carbons (Fsp3) is 0.250. The first-order valence-electron chi connectivity index (χ1n) is 13.0. The molecule has 4 aromatic rings. The first kappa shape index (κ1) is 28.4. The third-order valence-electron chi connectivity index (χ3n) is 6.52. The first-order chi connectivity index (χ1) is 19.7. The highest BCUT2D eigenvalue weighted by Crippen LogP contribution is 2.29. The number of hydrogen-bond donors (Lipinski definition) is 2. The van der Waals surface area contributed by atoms with Crippen molar-refractivity contribution < 1.29 is 22.7 Å². The van der Waals surface area contributed by atoms with Crippen molar-refractivity contribution in [2.24, 2.45) is 0 Å². The number of hydrogen-bond acceptors (Lipinski definition) is 9. The number of pyridine rings is 1. The van der Waals surface area contributed by atoms with Gasteiger partial charge in [-0.15, -0.1) is 10.2 Å². The normalized spacial score (nSPS) is 13.4. The van der Waals surface area contributed by atoms with Crippen LogP contribution in [0.5, 0.6) is 0 Å². The summed E-state index contributed by atoms with van der Waals surface area (Å²) in [6.07, 6.45) is 1.73. The molecule has 41 heavy (non-hydrogen) atoms. The number of esters is 1. The number of fused-ring (bicyclic) bond motifs is 2. The highest BCUT2D eigenvalue weighted by molar-refractivity contribution is 7.92. The fourth-order valence-corrected chi connectivity index (χ4v) is 5.77. The molecule has 0 radical (unpaired) electrons. The van der Waals surface area contributed by atoms with Gasteiger partial charge in [0, 0.05) is 41.8 Å². The molecule has 0 bridgehead atoms. The number of para-hydroxylation sites is 1. The molecule has 11 nitrogen and oxygen atoms in total. The molecule has 13 heteroatoms. The van der Waals surface area contributed by atoms with Crippen molar-refractivity contribution in [3.63, 3.8) is 0 Å². The first-order valence-corrected chi connectivity index (χ1v) is 14.8. The Morgan fingerprint density at radius 2 is 1.83 bits per heavy atom. The Morgan fingerprint density at radius 3 is 2.56 bits per heavy atom. The maximum atomic E-state index is 13.3. The van der Waals surface area contributed by atoms with Gasteiger partial charge in [-0.1, -0.05) is 36.7 Å². The lowest BCUT2D eigenvalue weighted by atomic mass is 9.95. The highest BCUT2D eigenvalue weighted by atomic mass is 35.5.